The molecule has 0 atom stereocenters. The number of nitrogens with zero attached hydrogens (tertiary/aromatic N) is 2. The summed E-state index contributed by atoms with van der Waals surface area (Å²) < 4.78 is 5.78. The fourth-order valence-corrected chi connectivity index (χ4v) is 1.03. The first-order valence-corrected chi connectivity index (χ1v) is 4.24. The molecule has 1 heterocycles. The van der Waals surface area contributed by atoms with E-state index < -0.39 is 0 Å². The minimum Gasteiger partial charge on any atom is -0.416 e. The lowest BCUT2D eigenvalue weighted by atomic mass is 10.1. The highest BCUT2D eigenvalue weighted by Crippen LogP contribution is 2.07. The van der Waals surface area contributed by atoms with E-state index in [-0.39, 0.29) is 0 Å². The van der Waals surface area contributed by atoms with E-state index in [2.05, 4.69) is 24.0 Å². The van der Waals surface area contributed by atoms with E-state index in [0.29, 0.717) is 9.82 Å². The van der Waals surface area contributed by atoms with Crippen LogP contribution in [0, 0.1) is 9.82 Å². The second-order valence-corrected chi connectivity index (χ2v) is 3.47. The maximum absolute atomic E-state index is 5.16. The van der Waals surface area contributed by atoms with Crippen LogP contribution >= 0.6 is 22.6 Å². The van der Waals surface area contributed by atoms with Crippen LogP contribution in [0.1, 0.15) is 19.7 Å². The molecule has 1 rings (SSSR count). The molecule has 0 aromatic carbocycles. The number of hydrogen-bond acceptors (Lipinski definition) is 3. The van der Waals surface area contributed by atoms with Crippen LogP contribution in [-0.4, -0.2) is 10.2 Å². The molecule has 0 radical (unpaired) electrons. The largest absolute Gasteiger partial charge is 0.416 e. The van der Waals surface area contributed by atoms with E-state index in [0.717, 1.165) is 12.3 Å². The van der Waals surface area contributed by atoms with Crippen LogP contribution in [-0.2, 0) is 6.42 Å². The Bertz CT molecular complexity index is 209. The fraction of sp³-hybridized carbons (Fsp3) is 0.667. The molecule has 1 aromatic heterocycles. The van der Waals surface area contributed by atoms with Gasteiger partial charge in [-0.3, -0.25) is 0 Å². The molecule has 4 heteroatoms. The molecular formula is C6H9IN2O. The lowest BCUT2D eigenvalue weighted by Crippen LogP contribution is -1.93. The Morgan fingerprint density at radius 2 is 2.20 bits per heavy atom. The van der Waals surface area contributed by atoms with E-state index in [4.69, 9.17) is 4.42 Å². The van der Waals surface area contributed by atoms with Gasteiger partial charge >= 0.3 is 0 Å². The van der Waals surface area contributed by atoms with Crippen molar-refractivity contribution >= 4 is 22.6 Å². The molecule has 0 N–H and O–H groups in total. The molecule has 0 aliphatic rings. The minimum absolute atomic E-state index is 0.580. The number of aromatic nitrogens is 2. The monoisotopic (exact) mass is 252 g/mol. The fourth-order valence-electron chi connectivity index (χ4n) is 0.665. The van der Waals surface area contributed by atoms with Gasteiger partial charge < -0.3 is 4.42 Å². The van der Waals surface area contributed by atoms with Crippen LogP contribution in [0.3, 0.4) is 0 Å². The van der Waals surface area contributed by atoms with Crippen LogP contribution in [0.25, 0.3) is 0 Å². The minimum atomic E-state index is 0.580. The Labute approximate surface area is 73.4 Å². The maximum atomic E-state index is 5.16. The molecule has 56 valence electrons. The van der Waals surface area contributed by atoms with Crippen LogP contribution in [0.5, 0.6) is 0 Å². The number of halogens is 1. The molecule has 0 aliphatic carbocycles. The Balaban J connectivity index is 2.58. The first-order valence-electron chi connectivity index (χ1n) is 3.16. The SMILES string of the molecule is CC(C)Cc1nnc(I)o1. The van der Waals surface area contributed by atoms with Gasteiger partial charge in [-0.2, -0.15) is 0 Å². The molecule has 0 amide bonds. The first kappa shape index (κ1) is 7.97. The van der Waals surface area contributed by atoms with Gasteiger partial charge in [0.1, 0.15) is 0 Å². The third kappa shape index (κ3) is 2.24. The molecule has 0 saturated heterocycles. The third-order valence-electron chi connectivity index (χ3n) is 1.03. The van der Waals surface area contributed by atoms with E-state index in [9.17, 15) is 0 Å². The summed E-state index contributed by atoms with van der Waals surface area (Å²) in [5, 5.41) is 7.57. The highest BCUT2D eigenvalue weighted by atomic mass is 127. The van der Waals surface area contributed by atoms with Crippen molar-refractivity contribution in [2.45, 2.75) is 20.3 Å². The summed E-state index contributed by atoms with van der Waals surface area (Å²) >= 11 is 2.01. The molecule has 0 unspecified atom stereocenters. The number of rotatable bonds is 2. The maximum Gasteiger partial charge on any atom is 0.278 e. The zero-order valence-corrected chi connectivity index (χ0v) is 8.12. The Morgan fingerprint density at radius 3 is 2.60 bits per heavy atom. The highest BCUT2D eigenvalue weighted by molar-refractivity contribution is 14.1. The summed E-state index contributed by atoms with van der Waals surface area (Å²) in [7, 11) is 0. The van der Waals surface area contributed by atoms with Gasteiger partial charge in [-0.05, 0) is 5.92 Å². The molecule has 0 saturated carbocycles. The topological polar surface area (TPSA) is 38.9 Å². The van der Waals surface area contributed by atoms with Crippen molar-refractivity contribution in [3.05, 3.63) is 9.79 Å². The number of hydrogen-bond donors (Lipinski definition) is 0. The summed E-state index contributed by atoms with van der Waals surface area (Å²) in [4.78, 5) is 0. The van der Waals surface area contributed by atoms with Crippen molar-refractivity contribution in [2.24, 2.45) is 5.92 Å². The third-order valence-corrected chi connectivity index (χ3v) is 1.46. The zero-order chi connectivity index (χ0) is 7.56. The van der Waals surface area contributed by atoms with E-state index in [1.54, 1.807) is 0 Å². The van der Waals surface area contributed by atoms with Crippen LogP contribution in [0.2, 0.25) is 0 Å². The molecule has 0 spiro atoms. The van der Waals surface area contributed by atoms with Gasteiger partial charge in [0.05, 0.1) is 0 Å². The second kappa shape index (κ2) is 3.32. The Kier molecular flexibility index (Phi) is 2.64. The Morgan fingerprint density at radius 1 is 1.50 bits per heavy atom. The van der Waals surface area contributed by atoms with E-state index in [1.807, 2.05) is 22.6 Å². The van der Waals surface area contributed by atoms with Gasteiger partial charge in [0.2, 0.25) is 5.89 Å². The normalized spacial score (nSPS) is 10.8. The second-order valence-electron chi connectivity index (χ2n) is 2.55. The lowest BCUT2D eigenvalue weighted by molar-refractivity contribution is 0.439. The summed E-state index contributed by atoms with van der Waals surface area (Å²) in [6.45, 7) is 4.24. The standard InChI is InChI=1S/C6H9IN2O/c1-4(2)3-5-8-9-6(7)10-5/h4H,3H2,1-2H3. The smallest absolute Gasteiger partial charge is 0.278 e. The predicted octanol–water partition coefficient (Wildman–Crippen LogP) is 1.87. The molecule has 10 heavy (non-hydrogen) atoms. The van der Waals surface area contributed by atoms with Crippen molar-refractivity contribution in [1.29, 1.82) is 0 Å². The molecule has 0 bridgehead atoms. The molecule has 0 fully saturated rings. The Hall–Kier alpha value is -0.130. The van der Waals surface area contributed by atoms with Crippen LogP contribution < -0.4 is 0 Å². The average Bonchev–Trinajstić information content (AvgIpc) is 2.13. The van der Waals surface area contributed by atoms with Crippen molar-refractivity contribution in [3.63, 3.8) is 0 Å². The van der Waals surface area contributed by atoms with Crippen molar-refractivity contribution in [1.82, 2.24) is 10.2 Å². The molecule has 1 aromatic rings. The van der Waals surface area contributed by atoms with Crippen LogP contribution in [0.15, 0.2) is 4.42 Å². The van der Waals surface area contributed by atoms with Crippen molar-refractivity contribution < 1.29 is 4.42 Å². The van der Waals surface area contributed by atoms with E-state index >= 15 is 0 Å². The molecule has 0 aliphatic heterocycles. The van der Waals surface area contributed by atoms with Gasteiger partial charge in [-0.1, -0.05) is 13.8 Å². The van der Waals surface area contributed by atoms with Crippen LogP contribution in [0.4, 0.5) is 0 Å². The summed E-state index contributed by atoms with van der Waals surface area (Å²) in [6.07, 6.45) is 0.871. The molecule has 3 nitrogen and oxygen atoms in total. The van der Waals surface area contributed by atoms with Gasteiger partial charge in [0, 0.05) is 29.0 Å². The predicted molar refractivity (Wildman–Crippen MR) is 45.6 cm³/mol. The van der Waals surface area contributed by atoms with E-state index in [1.165, 1.54) is 0 Å². The zero-order valence-electron chi connectivity index (χ0n) is 5.97. The van der Waals surface area contributed by atoms with Crippen molar-refractivity contribution in [3.8, 4) is 0 Å². The summed E-state index contributed by atoms with van der Waals surface area (Å²) in [5.74, 6) is 1.32. The lowest BCUT2D eigenvalue weighted by Gasteiger charge is -1.95. The summed E-state index contributed by atoms with van der Waals surface area (Å²) in [5.41, 5.74) is 0. The molecular weight excluding hydrogens is 243 g/mol. The quantitative estimate of drug-likeness (QED) is 0.754. The van der Waals surface area contributed by atoms with Crippen molar-refractivity contribution in [2.75, 3.05) is 0 Å². The summed E-state index contributed by atoms with van der Waals surface area (Å²) in [6, 6.07) is 0. The highest BCUT2D eigenvalue weighted by Gasteiger charge is 2.04. The van der Waals surface area contributed by atoms with Gasteiger partial charge in [-0.25, -0.2) is 0 Å². The average molecular weight is 252 g/mol. The first-order chi connectivity index (χ1) is 4.68. The van der Waals surface area contributed by atoms with Gasteiger partial charge in [0.15, 0.2) is 0 Å². The van der Waals surface area contributed by atoms with Gasteiger partial charge in [0.25, 0.3) is 3.90 Å². The van der Waals surface area contributed by atoms with Gasteiger partial charge in [-0.15, -0.1) is 10.2 Å².